The van der Waals surface area contributed by atoms with E-state index in [-0.39, 0.29) is 6.54 Å². The predicted molar refractivity (Wildman–Crippen MR) is 49.7 cm³/mol. The molecule has 1 saturated heterocycles. The van der Waals surface area contributed by atoms with Crippen LogP contribution in [0.4, 0.5) is 22.0 Å². The Balaban J connectivity index is 2.60. The summed E-state index contributed by atoms with van der Waals surface area (Å²) in [4.78, 5) is 12.7. The van der Waals surface area contributed by atoms with Crippen molar-refractivity contribution >= 4 is 5.91 Å². The zero-order valence-electron chi connectivity index (χ0n) is 9.15. The minimum atomic E-state index is -5.85. The summed E-state index contributed by atoms with van der Waals surface area (Å²) in [6.45, 7) is 1.02. The van der Waals surface area contributed by atoms with Gasteiger partial charge in [-0.15, -0.1) is 0 Å². The van der Waals surface area contributed by atoms with E-state index < -0.39 is 24.0 Å². The largest absolute Gasteiger partial charge is 0.463 e. The highest BCUT2D eigenvalue weighted by molar-refractivity contribution is 5.84. The van der Waals surface area contributed by atoms with Crippen molar-refractivity contribution in [2.45, 2.75) is 31.0 Å². The molecule has 1 rings (SSSR count). The first-order valence-electron chi connectivity index (χ1n) is 5.08. The number of hydrogen-bond donors (Lipinski definition) is 1. The molecule has 3 nitrogen and oxygen atoms in total. The first-order valence-corrected chi connectivity index (χ1v) is 5.08. The standard InChI is InChI=1S/C9H13F5N2O/c1-16-4-2-3-6(5-16)15-7(17)8(10,11)9(12,13)14/h6H,2-5H2,1H3,(H,15,17). The minimum absolute atomic E-state index is 0.277. The normalized spacial score (nSPS) is 23.5. The van der Waals surface area contributed by atoms with Crippen molar-refractivity contribution < 1.29 is 26.7 Å². The number of likely N-dealkylation sites (N-methyl/N-ethyl adjacent to an activating group) is 1. The Morgan fingerprint density at radius 2 is 1.88 bits per heavy atom. The van der Waals surface area contributed by atoms with Crippen LogP contribution in [0, 0.1) is 0 Å². The van der Waals surface area contributed by atoms with Gasteiger partial charge in [0, 0.05) is 12.6 Å². The van der Waals surface area contributed by atoms with Gasteiger partial charge in [0.15, 0.2) is 0 Å². The molecule has 100 valence electrons. The van der Waals surface area contributed by atoms with Gasteiger partial charge in [-0.2, -0.15) is 22.0 Å². The number of nitrogens with zero attached hydrogens (tertiary/aromatic N) is 1. The Labute approximate surface area is 95.0 Å². The molecule has 1 atom stereocenters. The molecule has 0 saturated carbocycles. The van der Waals surface area contributed by atoms with Crippen molar-refractivity contribution in [3.63, 3.8) is 0 Å². The summed E-state index contributed by atoms with van der Waals surface area (Å²) in [5.74, 6) is -7.60. The Kier molecular flexibility index (Phi) is 3.95. The van der Waals surface area contributed by atoms with Crippen molar-refractivity contribution in [2.24, 2.45) is 0 Å². The van der Waals surface area contributed by atoms with Gasteiger partial charge in [-0.3, -0.25) is 4.79 Å². The van der Waals surface area contributed by atoms with Gasteiger partial charge >= 0.3 is 18.0 Å². The van der Waals surface area contributed by atoms with Crippen LogP contribution in [0.3, 0.4) is 0 Å². The fourth-order valence-corrected chi connectivity index (χ4v) is 1.69. The monoisotopic (exact) mass is 260 g/mol. The molecule has 1 N–H and O–H groups in total. The molecular weight excluding hydrogens is 247 g/mol. The van der Waals surface area contributed by atoms with Gasteiger partial charge in [0.05, 0.1) is 0 Å². The molecule has 8 heteroatoms. The lowest BCUT2D eigenvalue weighted by Gasteiger charge is -2.31. The summed E-state index contributed by atoms with van der Waals surface area (Å²) in [6.07, 6.45) is -4.79. The van der Waals surface area contributed by atoms with Crippen LogP contribution in [-0.4, -0.2) is 49.1 Å². The second-order valence-corrected chi connectivity index (χ2v) is 4.15. The summed E-state index contributed by atoms with van der Waals surface area (Å²) in [5.41, 5.74) is 0. The molecule has 0 bridgehead atoms. The average molecular weight is 260 g/mol. The maximum Gasteiger partial charge on any atom is 0.463 e. The number of rotatable bonds is 2. The van der Waals surface area contributed by atoms with E-state index in [2.05, 4.69) is 0 Å². The fourth-order valence-electron chi connectivity index (χ4n) is 1.69. The fraction of sp³-hybridized carbons (Fsp3) is 0.889. The molecule has 0 aliphatic carbocycles. The van der Waals surface area contributed by atoms with Gasteiger partial charge in [-0.1, -0.05) is 0 Å². The van der Waals surface area contributed by atoms with Crippen molar-refractivity contribution in [2.75, 3.05) is 20.1 Å². The summed E-state index contributed by atoms with van der Waals surface area (Å²) in [7, 11) is 1.71. The third-order valence-corrected chi connectivity index (χ3v) is 2.60. The van der Waals surface area contributed by atoms with Crippen molar-refractivity contribution in [3.05, 3.63) is 0 Å². The number of hydrogen-bond acceptors (Lipinski definition) is 2. The van der Waals surface area contributed by atoms with E-state index in [1.165, 1.54) is 0 Å². The topological polar surface area (TPSA) is 32.3 Å². The molecule has 0 aromatic heterocycles. The first-order chi connectivity index (χ1) is 7.64. The molecule has 1 heterocycles. The van der Waals surface area contributed by atoms with E-state index in [0.29, 0.717) is 12.8 Å². The lowest BCUT2D eigenvalue weighted by atomic mass is 10.1. The molecule has 0 aromatic carbocycles. The van der Waals surface area contributed by atoms with Crippen molar-refractivity contribution in [1.29, 1.82) is 0 Å². The van der Waals surface area contributed by atoms with Gasteiger partial charge in [-0.05, 0) is 26.4 Å². The van der Waals surface area contributed by atoms with Gasteiger partial charge < -0.3 is 10.2 Å². The first kappa shape index (κ1) is 14.1. The molecule has 17 heavy (non-hydrogen) atoms. The summed E-state index contributed by atoms with van der Waals surface area (Å²) in [5, 5.41) is 1.75. The molecule has 1 aliphatic heterocycles. The van der Waals surface area contributed by atoms with Gasteiger partial charge in [0.25, 0.3) is 0 Å². The lowest BCUT2D eigenvalue weighted by Crippen LogP contribution is -2.55. The van der Waals surface area contributed by atoms with Crippen molar-refractivity contribution in [1.82, 2.24) is 10.2 Å². The number of carbonyl (C=O) groups excluding carboxylic acids is 1. The van der Waals surface area contributed by atoms with Crippen LogP contribution in [0.15, 0.2) is 0 Å². The number of carbonyl (C=O) groups is 1. The third kappa shape index (κ3) is 3.27. The third-order valence-electron chi connectivity index (χ3n) is 2.60. The SMILES string of the molecule is CN1CCCC(NC(=O)C(F)(F)C(F)(F)F)C1. The zero-order chi connectivity index (χ0) is 13.3. The Morgan fingerprint density at radius 1 is 1.29 bits per heavy atom. The highest BCUT2D eigenvalue weighted by Gasteiger charge is 2.63. The van der Waals surface area contributed by atoms with Gasteiger partial charge in [0.1, 0.15) is 0 Å². The lowest BCUT2D eigenvalue weighted by molar-refractivity contribution is -0.270. The van der Waals surface area contributed by atoms with E-state index in [4.69, 9.17) is 0 Å². The van der Waals surface area contributed by atoms with Gasteiger partial charge in [-0.25, -0.2) is 0 Å². The maximum atomic E-state index is 12.6. The smallest absolute Gasteiger partial charge is 0.347 e. The Hall–Kier alpha value is -0.920. The van der Waals surface area contributed by atoms with E-state index >= 15 is 0 Å². The van der Waals surface area contributed by atoms with E-state index in [9.17, 15) is 26.7 Å². The van der Waals surface area contributed by atoms with Crippen LogP contribution in [0.25, 0.3) is 0 Å². The number of likely N-dealkylation sites (tertiary alicyclic amines) is 1. The van der Waals surface area contributed by atoms with E-state index in [1.807, 2.05) is 0 Å². The highest BCUT2D eigenvalue weighted by atomic mass is 19.4. The van der Waals surface area contributed by atoms with E-state index in [0.717, 1.165) is 6.54 Å². The quantitative estimate of drug-likeness (QED) is 0.761. The van der Waals surface area contributed by atoms with Crippen LogP contribution >= 0.6 is 0 Å². The number of alkyl halides is 5. The maximum absolute atomic E-state index is 12.6. The number of amides is 1. The summed E-state index contributed by atoms with van der Waals surface area (Å²) in [6, 6.07) is -0.658. The minimum Gasteiger partial charge on any atom is -0.347 e. The number of piperidine rings is 1. The van der Waals surface area contributed by atoms with Crippen LogP contribution in [0.1, 0.15) is 12.8 Å². The Bertz CT molecular complexity index is 292. The van der Waals surface area contributed by atoms with Crippen LogP contribution in [0.5, 0.6) is 0 Å². The van der Waals surface area contributed by atoms with E-state index in [1.54, 1.807) is 17.3 Å². The molecule has 1 aliphatic rings. The molecule has 1 fully saturated rings. The summed E-state index contributed by atoms with van der Waals surface area (Å²) >= 11 is 0. The molecular formula is C9H13F5N2O. The number of halogens is 5. The summed E-state index contributed by atoms with van der Waals surface area (Å²) < 4.78 is 60.9. The zero-order valence-corrected chi connectivity index (χ0v) is 9.15. The molecule has 0 aromatic rings. The molecule has 1 unspecified atom stereocenters. The predicted octanol–water partition coefficient (Wildman–Crippen LogP) is 1.39. The number of nitrogens with one attached hydrogen (secondary N) is 1. The van der Waals surface area contributed by atoms with Gasteiger partial charge in [0.2, 0.25) is 0 Å². The average Bonchev–Trinajstić information content (AvgIpc) is 2.15. The second kappa shape index (κ2) is 4.75. The second-order valence-electron chi connectivity index (χ2n) is 4.15. The molecule has 0 spiro atoms. The van der Waals surface area contributed by atoms with Crippen molar-refractivity contribution in [3.8, 4) is 0 Å². The van der Waals surface area contributed by atoms with Crippen LogP contribution in [-0.2, 0) is 4.79 Å². The molecule has 0 radical (unpaired) electrons. The van der Waals surface area contributed by atoms with Crippen LogP contribution < -0.4 is 5.32 Å². The highest BCUT2D eigenvalue weighted by Crippen LogP contribution is 2.35. The van der Waals surface area contributed by atoms with Crippen LogP contribution in [0.2, 0.25) is 0 Å². The molecule has 1 amide bonds. The Morgan fingerprint density at radius 3 is 2.35 bits per heavy atom.